The molecule has 1 aromatic carbocycles. The fourth-order valence-electron chi connectivity index (χ4n) is 3.51. The molecule has 4 atom stereocenters. The minimum atomic E-state index is -0.436. The third-order valence-electron chi connectivity index (χ3n) is 4.64. The summed E-state index contributed by atoms with van der Waals surface area (Å²) in [6, 6.07) is 8.05. The van der Waals surface area contributed by atoms with Gasteiger partial charge in [0.1, 0.15) is 18.1 Å². The number of aryl methyl sites for hydroxylation is 2. The highest BCUT2D eigenvalue weighted by Crippen LogP contribution is 2.37. The highest BCUT2D eigenvalue weighted by atomic mass is 16.5. The van der Waals surface area contributed by atoms with Gasteiger partial charge in [-0.1, -0.05) is 23.8 Å². The van der Waals surface area contributed by atoms with Crippen LogP contribution >= 0.6 is 0 Å². The maximum atomic E-state index is 12.3. The molecule has 0 saturated carbocycles. The van der Waals surface area contributed by atoms with Gasteiger partial charge in [0.05, 0.1) is 18.7 Å². The molecular formula is C18H22N4O2. The SMILES string of the molecule is CCOC(=O)C1CC(c2ccc(C)cc2C)N2N=CC(C#N)C2N1. The number of hydrogen-bond donors (Lipinski definition) is 1. The van der Waals surface area contributed by atoms with Gasteiger partial charge in [-0.3, -0.25) is 15.1 Å². The van der Waals surface area contributed by atoms with Gasteiger partial charge in [0, 0.05) is 6.21 Å². The highest BCUT2D eigenvalue weighted by Gasteiger charge is 2.44. The maximum absolute atomic E-state index is 12.3. The zero-order chi connectivity index (χ0) is 17.3. The molecule has 2 aliphatic heterocycles. The van der Waals surface area contributed by atoms with E-state index in [1.807, 2.05) is 5.01 Å². The molecule has 2 aliphatic rings. The zero-order valence-corrected chi connectivity index (χ0v) is 14.2. The van der Waals surface area contributed by atoms with Gasteiger partial charge in [-0.2, -0.15) is 10.4 Å². The molecule has 1 saturated heterocycles. The summed E-state index contributed by atoms with van der Waals surface area (Å²) in [5, 5.41) is 19.0. The van der Waals surface area contributed by atoms with Crippen molar-refractivity contribution in [3.8, 4) is 6.07 Å². The second-order valence-electron chi connectivity index (χ2n) is 6.33. The molecule has 0 spiro atoms. The summed E-state index contributed by atoms with van der Waals surface area (Å²) in [7, 11) is 0. The van der Waals surface area contributed by atoms with E-state index in [1.165, 1.54) is 11.1 Å². The number of nitriles is 1. The maximum Gasteiger partial charge on any atom is 0.323 e. The van der Waals surface area contributed by atoms with Crippen molar-refractivity contribution < 1.29 is 9.53 Å². The zero-order valence-electron chi connectivity index (χ0n) is 14.2. The van der Waals surface area contributed by atoms with Crippen LogP contribution in [-0.4, -0.2) is 36.0 Å². The van der Waals surface area contributed by atoms with E-state index in [4.69, 9.17) is 4.74 Å². The van der Waals surface area contributed by atoms with Gasteiger partial charge in [-0.15, -0.1) is 0 Å². The Labute approximate surface area is 142 Å². The lowest BCUT2D eigenvalue weighted by Crippen LogP contribution is -2.58. The van der Waals surface area contributed by atoms with Crippen molar-refractivity contribution in [2.24, 2.45) is 11.0 Å². The predicted octanol–water partition coefficient (Wildman–Crippen LogP) is 2.04. The van der Waals surface area contributed by atoms with E-state index in [0.717, 1.165) is 5.56 Å². The van der Waals surface area contributed by atoms with Gasteiger partial charge in [-0.25, -0.2) is 0 Å². The summed E-state index contributed by atoms with van der Waals surface area (Å²) in [5.41, 5.74) is 3.50. The Bertz CT molecular complexity index is 709. The normalized spacial score (nSPS) is 28.3. The standard InChI is InChI=1S/C18H22N4O2/c1-4-24-18(23)15-8-16(14-6-5-11(2)7-12(14)3)22-17(21-15)13(9-19)10-20-22/h5-7,10,13,15-17,21H,4,8H2,1-3H3. The summed E-state index contributed by atoms with van der Waals surface area (Å²) in [6.07, 6.45) is 1.92. The Balaban J connectivity index is 1.95. The highest BCUT2D eigenvalue weighted by molar-refractivity contribution is 5.77. The summed E-state index contributed by atoms with van der Waals surface area (Å²) >= 11 is 0. The number of esters is 1. The van der Waals surface area contributed by atoms with E-state index >= 15 is 0 Å². The molecule has 24 heavy (non-hydrogen) atoms. The Morgan fingerprint density at radius 3 is 2.96 bits per heavy atom. The number of rotatable bonds is 3. The molecule has 6 heteroatoms. The van der Waals surface area contributed by atoms with Crippen LogP contribution in [0.4, 0.5) is 0 Å². The fourth-order valence-corrected chi connectivity index (χ4v) is 3.51. The third-order valence-corrected chi connectivity index (χ3v) is 4.64. The van der Waals surface area contributed by atoms with Crippen molar-refractivity contribution in [1.82, 2.24) is 10.3 Å². The van der Waals surface area contributed by atoms with Crippen molar-refractivity contribution in [3.63, 3.8) is 0 Å². The molecule has 0 aromatic heterocycles. The van der Waals surface area contributed by atoms with Crippen LogP contribution < -0.4 is 5.32 Å². The minimum Gasteiger partial charge on any atom is -0.465 e. The molecule has 4 unspecified atom stereocenters. The number of hydrogen-bond acceptors (Lipinski definition) is 6. The Kier molecular flexibility index (Phi) is 4.54. The monoisotopic (exact) mass is 326 g/mol. The van der Waals surface area contributed by atoms with E-state index in [9.17, 15) is 10.1 Å². The van der Waals surface area contributed by atoms with Gasteiger partial charge < -0.3 is 4.74 Å². The van der Waals surface area contributed by atoms with Crippen LogP contribution in [0.1, 0.15) is 36.1 Å². The molecule has 0 bridgehead atoms. The van der Waals surface area contributed by atoms with Crippen LogP contribution in [0.15, 0.2) is 23.3 Å². The molecule has 1 fully saturated rings. The molecule has 1 N–H and O–H groups in total. The molecule has 0 radical (unpaired) electrons. The molecule has 6 nitrogen and oxygen atoms in total. The first-order valence-corrected chi connectivity index (χ1v) is 8.27. The average molecular weight is 326 g/mol. The van der Waals surface area contributed by atoms with E-state index in [1.54, 1.807) is 13.1 Å². The Morgan fingerprint density at radius 1 is 1.50 bits per heavy atom. The molecule has 0 aliphatic carbocycles. The summed E-state index contributed by atoms with van der Waals surface area (Å²) < 4.78 is 5.19. The number of nitrogens with zero attached hydrogens (tertiary/aromatic N) is 3. The minimum absolute atomic E-state index is 0.0548. The van der Waals surface area contributed by atoms with Crippen LogP contribution in [0.2, 0.25) is 0 Å². The van der Waals surface area contributed by atoms with Crippen molar-refractivity contribution in [2.45, 2.75) is 45.4 Å². The van der Waals surface area contributed by atoms with Gasteiger partial charge in [0.25, 0.3) is 0 Å². The van der Waals surface area contributed by atoms with Gasteiger partial charge in [0.2, 0.25) is 0 Å². The number of carbonyl (C=O) groups is 1. The molecule has 126 valence electrons. The van der Waals surface area contributed by atoms with Gasteiger partial charge in [-0.05, 0) is 38.3 Å². The topological polar surface area (TPSA) is 77.7 Å². The first-order chi connectivity index (χ1) is 11.5. The van der Waals surface area contributed by atoms with Crippen LogP contribution in [0.5, 0.6) is 0 Å². The van der Waals surface area contributed by atoms with Crippen LogP contribution in [0, 0.1) is 31.1 Å². The molecule has 0 amide bonds. The molecular weight excluding hydrogens is 304 g/mol. The van der Waals surface area contributed by atoms with Crippen molar-refractivity contribution >= 4 is 12.2 Å². The van der Waals surface area contributed by atoms with Crippen LogP contribution in [0.25, 0.3) is 0 Å². The van der Waals surface area contributed by atoms with Crippen molar-refractivity contribution in [2.75, 3.05) is 6.61 Å². The number of hydrazone groups is 1. The predicted molar refractivity (Wildman–Crippen MR) is 90.1 cm³/mol. The lowest BCUT2D eigenvalue weighted by molar-refractivity contribution is -0.148. The summed E-state index contributed by atoms with van der Waals surface area (Å²) in [4.78, 5) is 12.3. The Morgan fingerprint density at radius 2 is 2.29 bits per heavy atom. The molecule has 1 aromatic rings. The average Bonchev–Trinajstić information content (AvgIpc) is 2.97. The molecule has 2 heterocycles. The smallest absolute Gasteiger partial charge is 0.323 e. The number of benzene rings is 1. The van der Waals surface area contributed by atoms with E-state index < -0.39 is 6.04 Å². The lowest BCUT2D eigenvalue weighted by Gasteiger charge is -2.42. The second-order valence-corrected chi connectivity index (χ2v) is 6.33. The van der Waals surface area contributed by atoms with Crippen LogP contribution in [0.3, 0.4) is 0 Å². The van der Waals surface area contributed by atoms with Gasteiger partial charge in [0.15, 0.2) is 0 Å². The van der Waals surface area contributed by atoms with E-state index in [-0.39, 0.29) is 24.1 Å². The Hall–Kier alpha value is -2.39. The quantitative estimate of drug-likeness (QED) is 0.860. The van der Waals surface area contributed by atoms with E-state index in [2.05, 4.69) is 48.5 Å². The largest absolute Gasteiger partial charge is 0.465 e. The van der Waals surface area contributed by atoms with Crippen molar-refractivity contribution in [1.29, 1.82) is 5.26 Å². The first kappa shape index (κ1) is 16.5. The number of ether oxygens (including phenoxy) is 1. The van der Waals surface area contributed by atoms with Crippen LogP contribution in [-0.2, 0) is 9.53 Å². The van der Waals surface area contributed by atoms with Crippen molar-refractivity contribution in [3.05, 3.63) is 34.9 Å². The van der Waals surface area contributed by atoms with Gasteiger partial charge >= 0.3 is 5.97 Å². The number of carbonyl (C=O) groups excluding carboxylic acids is 1. The number of fused-ring (bicyclic) bond motifs is 1. The van der Waals surface area contributed by atoms with E-state index in [0.29, 0.717) is 13.0 Å². The summed E-state index contributed by atoms with van der Waals surface area (Å²) in [6.45, 7) is 6.27. The lowest BCUT2D eigenvalue weighted by atomic mass is 9.90. The second kappa shape index (κ2) is 6.62. The first-order valence-electron chi connectivity index (χ1n) is 8.27. The molecule has 3 rings (SSSR count). The number of nitrogens with one attached hydrogen (secondary N) is 1. The summed E-state index contributed by atoms with van der Waals surface area (Å²) in [5.74, 6) is -0.647. The fraction of sp³-hybridized carbons (Fsp3) is 0.500. The third kappa shape index (κ3) is 2.87.